The smallest absolute Gasteiger partial charge is 0.203 e. The Labute approximate surface area is 500 Å². The van der Waals surface area contributed by atoms with Crippen molar-refractivity contribution in [3.05, 3.63) is 141 Å². The Balaban J connectivity index is 0.000000374. The van der Waals surface area contributed by atoms with Crippen molar-refractivity contribution in [2.45, 2.75) is 219 Å². The average Bonchev–Trinajstić information content (AvgIpc) is 0.701. The van der Waals surface area contributed by atoms with Gasteiger partial charge in [0.25, 0.3) is 0 Å². The lowest BCUT2D eigenvalue weighted by Gasteiger charge is -2.44. The number of hydrogen-bond acceptors (Lipinski definition) is 1. The molecule has 0 atom stereocenters. The second kappa shape index (κ2) is 38.3. The first-order valence-corrected chi connectivity index (χ1v) is 31.1. The molecule has 87 heavy (non-hydrogen) atoms. The van der Waals surface area contributed by atoms with E-state index in [2.05, 4.69) is 13.8 Å². The van der Waals surface area contributed by atoms with Crippen molar-refractivity contribution in [2.24, 2.45) is 0 Å². The fourth-order valence-electron chi connectivity index (χ4n) is 11.8. The number of aromatic hydroxyl groups is 1. The summed E-state index contributed by atoms with van der Waals surface area (Å²) < 4.78 is 264. The standard InChI is InChI=1S/C42H76F3N.C24H5BF15O/c1-3-5-7-9-11-13-15-17-19-21-23-25-27-29-31-33-35-46(42-40(44)37-39(43)38-41(42)45)36-34-32-30-28-26-24-22-20-18-16-14-12-10-8-6-4-2;26-10-7(11(27)17(33)22(38)16(10)32)25(5-3-1-2-4-6(5)41,8-12(28)18(34)23(39)19(35)13(8)29)9-14(30)20(36)24(40)21(37)15(9)31/h37-38H,3-36H2,1-2H3;1-4,41H/q;-1/p+1. The maximum atomic E-state index is 15.4. The molecule has 0 fully saturated rings. The van der Waals surface area contributed by atoms with Crippen molar-refractivity contribution < 1.29 is 89.0 Å². The van der Waals surface area contributed by atoms with Crippen LogP contribution in [0.2, 0.25) is 0 Å². The highest BCUT2D eigenvalue weighted by atomic mass is 19.2. The van der Waals surface area contributed by atoms with Crippen LogP contribution in [0.5, 0.6) is 5.75 Å². The topological polar surface area (TPSA) is 24.7 Å². The van der Waals surface area contributed by atoms with Crippen molar-refractivity contribution in [2.75, 3.05) is 13.1 Å². The Morgan fingerprint density at radius 1 is 0.299 bits per heavy atom. The van der Waals surface area contributed by atoms with Crippen molar-refractivity contribution in [3.8, 4) is 5.75 Å². The molecule has 0 bridgehead atoms. The monoisotopic (exact) mass is 1260 g/mol. The molecule has 486 valence electrons. The van der Waals surface area contributed by atoms with E-state index in [1.54, 1.807) is 0 Å². The molecule has 0 saturated carbocycles. The number of para-hydroxylation sites is 1. The van der Waals surface area contributed by atoms with Gasteiger partial charge in [0.15, 0.2) is 64.0 Å². The highest BCUT2D eigenvalue weighted by molar-refractivity contribution is 7.20. The molecule has 0 spiro atoms. The third-order valence-corrected chi connectivity index (χ3v) is 16.5. The zero-order valence-corrected chi connectivity index (χ0v) is 49.8. The fraction of sp³-hybridized carbons (Fsp3) is 0.545. The number of phenolic OH excluding ortho intramolecular Hbond substituents is 1. The van der Waals surface area contributed by atoms with Crippen molar-refractivity contribution in [3.63, 3.8) is 0 Å². The molecule has 0 amide bonds. The maximum absolute atomic E-state index is 15.4. The summed E-state index contributed by atoms with van der Waals surface area (Å²) in [7, 11) is 0. The maximum Gasteiger partial charge on any atom is 0.203 e. The van der Waals surface area contributed by atoms with Crippen LogP contribution in [0, 0.1) is 105 Å². The fourth-order valence-corrected chi connectivity index (χ4v) is 11.8. The minimum Gasteiger partial charge on any atom is -0.511 e. The molecular formula is C66H82BF18NO. The molecule has 5 rings (SSSR count). The van der Waals surface area contributed by atoms with Crippen LogP contribution in [0.4, 0.5) is 84.7 Å². The Bertz CT molecular complexity index is 2610. The van der Waals surface area contributed by atoms with Crippen molar-refractivity contribution in [1.29, 1.82) is 0 Å². The normalized spacial score (nSPS) is 11.8. The van der Waals surface area contributed by atoms with Gasteiger partial charge in [0.05, 0.1) is 18.8 Å². The number of unbranched alkanes of at least 4 members (excludes halogenated alkanes) is 30. The van der Waals surface area contributed by atoms with Crippen LogP contribution in [0.15, 0.2) is 36.4 Å². The largest absolute Gasteiger partial charge is 0.511 e. The Hall–Kier alpha value is -5.34. The molecule has 0 heterocycles. The van der Waals surface area contributed by atoms with Gasteiger partial charge in [0, 0.05) is 12.1 Å². The van der Waals surface area contributed by atoms with Gasteiger partial charge in [0.1, 0.15) is 46.9 Å². The summed E-state index contributed by atoms with van der Waals surface area (Å²) in [5.74, 6) is -50.7. The Morgan fingerprint density at radius 2 is 0.517 bits per heavy atom. The van der Waals surface area contributed by atoms with Gasteiger partial charge in [-0.3, -0.25) is 4.90 Å². The molecule has 0 aliphatic heterocycles. The first kappa shape index (κ1) is 74.1. The second-order valence-corrected chi connectivity index (χ2v) is 22.8. The summed E-state index contributed by atoms with van der Waals surface area (Å²) in [6.45, 7) is 5.99. The SMILES string of the molecule is CCCCCCCCCCCCCCCCCC[NH+](CCCCCCCCCCCCCCCCCC)c1c(F)cc(F)cc1F.Oc1ccccc1[B-](c1c(F)c(F)c(F)c(F)c1F)(c1c(F)c(F)c(F)c(F)c1F)c1c(F)c(F)c(F)c(F)c1F. The molecule has 2 nitrogen and oxygen atoms in total. The molecule has 5 aromatic carbocycles. The van der Waals surface area contributed by atoms with E-state index >= 15 is 26.3 Å². The predicted molar refractivity (Wildman–Crippen MR) is 307 cm³/mol. The average molecular weight is 1260 g/mol. The Morgan fingerprint density at radius 3 is 0.759 bits per heavy atom. The number of halogens is 18. The van der Waals surface area contributed by atoms with Crippen LogP contribution in [-0.4, -0.2) is 24.3 Å². The number of nitrogens with one attached hydrogen (secondary N) is 1. The molecule has 5 aromatic rings. The zero-order valence-electron chi connectivity index (χ0n) is 49.8. The van der Waals surface area contributed by atoms with Gasteiger partial charge in [0.2, 0.25) is 5.69 Å². The molecule has 0 radical (unpaired) electrons. The van der Waals surface area contributed by atoms with Gasteiger partial charge in [-0.15, -0.1) is 16.4 Å². The third-order valence-electron chi connectivity index (χ3n) is 16.5. The highest BCUT2D eigenvalue weighted by Crippen LogP contribution is 2.30. The number of rotatable bonds is 39. The van der Waals surface area contributed by atoms with Crippen LogP contribution < -0.4 is 26.8 Å². The minimum absolute atomic E-state index is 0.0447. The van der Waals surface area contributed by atoms with Crippen LogP contribution >= 0.6 is 0 Å². The van der Waals surface area contributed by atoms with E-state index in [4.69, 9.17) is 0 Å². The first-order valence-electron chi connectivity index (χ1n) is 31.1. The summed E-state index contributed by atoms with van der Waals surface area (Å²) in [6, 6.07) is 3.61. The van der Waals surface area contributed by atoms with Crippen LogP contribution in [-0.2, 0) is 0 Å². The van der Waals surface area contributed by atoms with Crippen molar-refractivity contribution >= 4 is 33.7 Å². The number of benzene rings is 5. The lowest BCUT2D eigenvalue weighted by Crippen LogP contribution is -3.07. The molecule has 0 unspecified atom stereocenters. The van der Waals surface area contributed by atoms with Gasteiger partial charge in [-0.25, -0.2) is 79.0 Å². The van der Waals surface area contributed by atoms with Crippen LogP contribution in [0.25, 0.3) is 0 Å². The third kappa shape index (κ3) is 20.1. The molecule has 21 heteroatoms. The molecular weight excluding hydrogens is 1180 g/mol. The lowest BCUT2D eigenvalue weighted by molar-refractivity contribution is -0.835. The minimum atomic E-state index is -5.99. The van der Waals surface area contributed by atoms with E-state index in [0.717, 1.165) is 61.9 Å². The van der Waals surface area contributed by atoms with E-state index in [9.17, 15) is 57.8 Å². The van der Waals surface area contributed by atoms with Gasteiger partial charge < -0.3 is 5.11 Å². The molecule has 0 aliphatic rings. The number of phenols is 1. The Kier molecular flexibility index (Phi) is 32.6. The summed E-state index contributed by atoms with van der Waals surface area (Å²) in [6.07, 6.45) is 36.1. The van der Waals surface area contributed by atoms with Gasteiger partial charge >= 0.3 is 0 Å². The van der Waals surface area contributed by atoms with Gasteiger partial charge in [-0.05, 0) is 31.7 Å². The zero-order chi connectivity index (χ0) is 64.2. The molecule has 0 aromatic heterocycles. The summed E-state index contributed by atoms with van der Waals surface area (Å²) in [4.78, 5) is 0.853. The van der Waals surface area contributed by atoms with E-state index in [1.807, 2.05) is 0 Å². The van der Waals surface area contributed by atoms with E-state index in [0.29, 0.717) is 12.1 Å². The lowest BCUT2D eigenvalue weighted by atomic mass is 9.12. The van der Waals surface area contributed by atoms with E-state index in [-0.39, 0.29) is 11.8 Å². The first-order chi connectivity index (χ1) is 41.6. The summed E-state index contributed by atoms with van der Waals surface area (Å²) in [5, 5.41) is 10.5. The van der Waals surface area contributed by atoms with E-state index < -0.39 is 138 Å². The van der Waals surface area contributed by atoms with Crippen molar-refractivity contribution in [1.82, 2.24) is 0 Å². The summed E-state index contributed by atoms with van der Waals surface area (Å²) in [5.41, 5.74) is -10.2. The second-order valence-electron chi connectivity index (χ2n) is 22.8. The summed E-state index contributed by atoms with van der Waals surface area (Å²) >= 11 is 0. The van der Waals surface area contributed by atoms with Crippen LogP contribution in [0.1, 0.15) is 219 Å². The number of quaternary nitrogens is 1. The highest BCUT2D eigenvalue weighted by Gasteiger charge is 2.50. The molecule has 0 aliphatic carbocycles. The quantitative estimate of drug-likeness (QED) is 0.0132. The van der Waals surface area contributed by atoms with Gasteiger partial charge in [-0.1, -0.05) is 212 Å². The van der Waals surface area contributed by atoms with Crippen LogP contribution in [0.3, 0.4) is 0 Å². The molecule has 2 N–H and O–H groups in total. The predicted octanol–water partition coefficient (Wildman–Crippen LogP) is 19.0. The van der Waals surface area contributed by atoms with E-state index in [1.165, 1.54) is 180 Å². The van der Waals surface area contributed by atoms with Gasteiger partial charge in [-0.2, -0.15) is 5.46 Å². The molecule has 0 saturated heterocycles. The number of hydrogen-bond donors (Lipinski definition) is 2.